The molecule has 3 atom stereocenters. The second-order valence-electron chi connectivity index (χ2n) is 5.48. The molecule has 1 aromatic rings. The third-order valence-corrected chi connectivity index (χ3v) is 5.31. The van der Waals surface area contributed by atoms with E-state index in [-0.39, 0.29) is 0 Å². The van der Waals surface area contributed by atoms with Crippen LogP contribution in [-0.4, -0.2) is 0 Å². The molecule has 0 spiro atoms. The van der Waals surface area contributed by atoms with Crippen molar-refractivity contribution in [3.63, 3.8) is 0 Å². The fraction of sp³-hybridized carbons (Fsp3) is 0.625. The molecule has 0 nitrogen and oxygen atoms in total. The minimum absolute atomic E-state index is 0.466. The first kappa shape index (κ1) is 14.8. The lowest BCUT2D eigenvalue weighted by molar-refractivity contribution is 0.414. The maximum absolute atomic E-state index is 3.83. The van der Waals surface area contributed by atoms with Gasteiger partial charge < -0.3 is 0 Å². The van der Waals surface area contributed by atoms with Gasteiger partial charge in [0.25, 0.3) is 0 Å². The average Bonchev–Trinajstić information content (AvgIpc) is 2.36. The molecule has 0 aromatic heterocycles. The minimum atomic E-state index is 0.466. The van der Waals surface area contributed by atoms with Gasteiger partial charge in [-0.2, -0.15) is 0 Å². The fourth-order valence-electron chi connectivity index (χ4n) is 1.89. The maximum Gasteiger partial charge on any atom is 0.0423 e. The third-order valence-electron chi connectivity index (χ3n) is 3.95. The Morgan fingerprint density at radius 3 is 1.82 bits per heavy atom. The summed E-state index contributed by atoms with van der Waals surface area (Å²) in [5, 5.41) is 0. The van der Waals surface area contributed by atoms with Crippen LogP contribution in [0.4, 0.5) is 0 Å². The Balaban J connectivity index is 2.80. The predicted molar refractivity (Wildman–Crippen MR) is 80.8 cm³/mol. The molecule has 0 radical (unpaired) electrons. The summed E-state index contributed by atoms with van der Waals surface area (Å²) in [6.07, 6.45) is 1.21. The molecular weight excluding hydrogens is 272 g/mol. The highest BCUT2D eigenvalue weighted by atomic mass is 79.9. The molecule has 0 saturated carbocycles. The molecular formula is C16H25Br. The van der Waals surface area contributed by atoms with Gasteiger partial charge in [0, 0.05) is 4.83 Å². The highest BCUT2D eigenvalue weighted by Gasteiger charge is 2.19. The lowest BCUT2D eigenvalue weighted by Crippen LogP contribution is -2.10. The van der Waals surface area contributed by atoms with E-state index in [1.807, 2.05) is 0 Å². The highest BCUT2D eigenvalue weighted by molar-refractivity contribution is 9.09. The fourth-order valence-corrected chi connectivity index (χ4v) is 2.80. The van der Waals surface area contributed by atoms with Gasteiger partial charge >= 0.3 is 0 Å². The number of hydrogen-bond donors (Lipinski definition) is 0. The number of halogens is 1. The molecule has 0 aliphatic heterocycles. The maximum atomic E-state index is 3.83. The summed E-state index contributed by atoms with van der Waals surface area (Å²) in [5.74, 6) is 2.03. The summed E-state index contributed by atoms with van der Waals surface area (Å²) in [7, 11) is 0. The van der Waals surface area contributed by atoms with E-state index in [0.29, 0.717) is 22.6 Å². The third kappa shape index (κ3) is 3.84. The van der Waals surface area contributed by atoms with Crippen molar-refractivity contribution in [2.75, 3.05) is 0 Å². The Morgan fingerprint density at radius 2 is 1.41 bits per heavy atom. The van der Waals surface area contributed by atoms with E-state index in [9.17, 15) is 0 Å². The smallest absolute Gasteiger partial charge is 0.0423 e. The second-order valence-corrected chi connectivity index (χ2v) is 6.47. The van der Waals surface area contributed by atoms with E-state index < -0.39 is 0 Å². The van der Waals surface area contributed by atoms with Crippen molar-refractivity contribution in [3.8, 4) is 0 Å². The molecule has 0 fully saturated rings. The SMILES string of the molecule is CCC(C)c1ccc(C(Br)C(C)C(C)C)cc1. The van der Waals surface area contributed by atoms with Crippen molar-refractivity contribution in [1.82, 2.24) is 0 Å². The molecule has 0 heterocycles. The van der Waals surface area contributed by atoms with Crippen molar-refractivity contribution >= 4 is 15.9 Å². The molecule has 0 bridgehead atoms. The van der Waals surface area contributed by atoms with Crippen LogP contribution in [0.1, 0.15) is 62.9 Å². The standard InChI is InChI=1S/C16H25Br/c1-6-12(4)14-7-9-15(10-8-14)16(17)13(5)11(2)3/h7-13,16H,6H2,1-5H3. The van der Waals surface area contributed by atoms with E-state index in [1.54, 1.807) is 0 Å². The van der Waals surface area contributed by atoms with Gasteiger partial charge in [0.1, 0.15) is 0 Å². The lowest BCUT2D eigenvalue weighted by atomic mass is 9.89. The zero-order valence-corrected chi connectivity index (χ0v) is 13.3. The first-order chi connectivity index (χ1) is 7.97. The topological polar surface area (TPSA) is 0 Å². The van der Waals surface area contributed by atoms with E-state index >= 15 is 0 Å². The van der Waals surface area contributed by atoms with Gasteiger partial charge in [-0.3, -0.25) is 0 Å². The van der Waals surface area contributed by atoms with Gasteiger partial charge in [-0.05, 0) is 35.3 Å². The molecule has 3 unspecified atom stereocenters. The average molecular weight is 297 g/mol. The molecule has 0 aliphatic carbocycles. The van der Waals surface area contributed by atoms with Crippen molar-refractivity contribution < 1.29 is 0 Å². The van der Waals surface area contributed by atoms with Crippen LogP contribution in [0.25, 0.3) is 0 Å². The van der Waals surface area contributed by atoms with Gasteiger partial charge in [0.15, 0.2) is 0 Å². The molecule has 0 aliphatic rings. The van der Waals surface area contributed by atoms with Crippen LogP contribution in [0.5, 0.6) is 0 Å². The Labute approximate surface area is 115 Å². The normalized spacial score (nSPS) is 16.9. The summed E-state index contributed by atoms with van der Waals surface area (Å²) < 4.78 is 0. The molecule has 1 heteroatoms. The first-order valence-electron chi connectivity index (χ1n) is 6.71. The van der Waals surface area contributed by atoms with Crippen molar-refractivity contribution in [3.05, 3.63) is 35.4 Å². The van der Waals surface area contributed by atoms with E-state index in [0.717, 1.165) is 0 Å². The van der Waals surface area contributed by atoms with Crippen LogP contribution in [-0.2, 0) is 0 Å². The Morgan fingerprint density at radius 1 is 0.941 bits per heavy atom. The van der Waals surface area contributed by atoms with Crippen LogP contribution in [0.2, 0.25) is 0 Å². The van der Waals surface area contributed by atoms with E-state index in [1.165, 1.54) is 17.5 Å². The Bertz CT molecular complexity index is 326. The van der Waals surface area contributed by atoms with Gasteiger partial charge in [-0.25, -0.2) is 0 Å². The Hall–Kier alpha value is -0.300. The van der Waals surface area contributed by atoms with Crippen LogP contribution >= 0.6 is 15.9 Å². The molecule has 17 heavy (non-hydrogen) atoms. The van der Waals surface area contributed by atoms with E-state index in [2.05, 4.69) is 74.8 Å². The van der Waals surface area contributed by atoms with Gasteiger partial charge in [-0.15, -0.1) is 0 Å². The van der Waals surface area contributed by atoms with Crippen molar-refractivity contribution in [2.24, 2.45) is 11.8 Å². The molecule has 0 N–H and O–H groups in total. The zero-order valence-electron chi connectivity index (χ0n) is 11.7. The summed E-state index contributed by atoms with van der Waals surface area (Å²) in [5.41, 5.74) is 2.85. The molecule has 96 valence electrons. The highest BCUT2D eigenvalue weighted by Crippen LogP contribution is 2.35. The minimum Gasteiger partial charge on any atom is -0.0836 e. The van der Waals surface area contributed by atoms with Crippen LogP contribution in [0.15, 0.2) is 24.3 Å². The van der Waals surface area contributed by atoms with Gasteiger partial charge in [0.2, 0.25) is 0 Å². The van der Waals surface area contributed by atoms with Gasteiger partial charge in [0.05, 0.1) is 0 Å². The van der Waals surface area contributed by atoms with Crippen molar-refractivity contribution in [1.29, 1.82) is 0 Å². The van der Waals surface area contributed by atoms with Crippen LogP contribution in [0, 0.1) is 11.8 Å². The second kappa shape index (κ2) is 6.58. The molecule has 1 aromatic carbocycles. The molecule has 0 saturated heterocycles. The summed E-state index contributed by atoms with van der Waals surface area (Å²) in [6, 6.07) is 9.12. The number of alkyl halides is 1. The summed E-state index contributed by atoms with van der Waals surface area (Å²) >= 11 is 3.83. The number of benzene rings is 1. The van der Waals surface area contributed by atoms with Gasteiger partial charge in [-0.1, -0.05) is 74.8 Å². The Kier molecular flexibility index (Phi) is 5.72. The largest absolute Gasteiger partial charge is 0.0836 e. The number of hydrogen-bond acceptors (Lipinski definition) is 0. The predicted octanol–water partition coefficient (Wildman–Crippen LogP) is 5.93. The zero-order chi connectivity index (χ0) is 13.0. The molecule has 0 amide bonds. The summed E-state index contributed by atoms with van der Waals surface area (Å²) in [6.45, 7) is 11.4. The van der Waals surface area contributed by atoms with E-state index in [4.69, 9.17) is 0 Å². The molecule has 1 rings (SSSR count). The van der Waals surface area contributed by atoms with Crippen LogP contribution in [0.3, 0.4) is 0 Å². The first-order valence-corrected chi connectivity index (χ1v) is 7.62. The van der Waals surface area contributed by atoms with Crippen molar-refractivity contribution in [2.45, 2.75) is 51.8 Å². The number of rotatable bonds is 5. The quantitative estimate of drug-likeness (QED) is 0.591. The monoisotopic (exact) mass is 296 g/mol. The lowest BCUT2D eigenvalue weighted by Gasteiger charge is -2.22. The van der Waals surface area contributed by atoms with Crippen LogP contribution < -0.4 is 0 Å². The summed E-state index contributed by atoms with van der Waals surface area (Å²) in [4.78, 5) is 0.466.